The molecule has 0 aromatic heterocycles. The van der Waals surface area contributed by atoms with Gasteiger partial charge in [0, 0.05) is 24.7 Å². The van der Waals surface area contributed by atoms with E-state index in [4.69, 9.17) is 15.2 Å². The number of methoxy groups -OCH3 is 1. The van der Waals surface area contributed by atoms with Gasteiger partial charge in [-0.25, -0.2) is 0 Å². The Morgan fingerprint density at radius 1 is 1.28 bits per heavy atom. The van der Waals surface area contributed by atoms with Crippen molar-refractivity contribution in [3.8, 4) is 11.5 Å². The largest absolute Gasteiger partial charge is 0.493 e. The van der Waals surface area contributed by atoms with Gasteiger partial charge < -0.3 is 20.1 Å². The number of amides is 1. The number of ether oxygens (including phenoxy) is 2. The van der Waals surface area contributed by atoms with Crippen LogP contribution in [0.15, 0.2) is 18.2 Å². The van der Waals surface area contributed by atoms with E-state index in [1.165, 1.54) is 0 Å². The van der Waals surface area contributed by atoms with Crippen LogP contribution in [0.25, 0.3) is 0 Å². The Morgan fingerprint density at radius 2 is 2.08 bits per heavy atom. The fourth-order valence-electron chi connectivity index (χ4n) is 3.90. The molecule has 1 aliphatic heterocycles. The molecule has 1 aliphatic carbocycles. The van der Waals surface area contributed by atoms with Crippen molar-refractivity contribution in [3.05, 3.63) is 23.8 Å². The first-order valence-electron chi connectivity index (χ1n) is 8.99. The fraction of sp³-hybridized carbons (Fsp3) is 0.632. The molecule has 1 heterocycles. The highest BCUT2D eigenvalue weighted by Crippen LogP contribution is 2.38. The van der Waals surface area contributed by atoms with Crippen LogP contribution < -0.4 is 15.2 Å². The summed E-state index contributed by atoms with van der Waals surface area (Å²) < 4.78 is 11.1. The molecule has 1 amide bonds. The molecule has 1 aromatic carbocycles. The second-order valence-corrected chi connectivity index (χ2v) is 6.94. The summed E-state index contributed by atoms with van der Waals surface area (Å²) in [6.07, 6.45) is 4.32. The van der Waals surface area contributed by atoms with E-state index in [2.05, 4.69) is 6.92 Å². The molecule has 6 heteroatoms. The van der Waals surface area contributed by atoms with Gasteiger partial charge in [0.05, 0.1) is 13.7 Å². The third-order valence-corrected chi connectivity index (χ3v) is 5.37. The third-order valence-electron chi connectivity index (χ3n) is 5.37. The van der Waals surface area contributed by atoms with Crippen LogP contribution in [-0.4, -0.2) is 43.7 Å². The molecule has 140 valence electrons. The maximum Gasteiger partial charge on any atom is 0.254 e. The number of hydrogen-bond donors (Lipinski definition) is 1. The van der Waals surface area contributed by atoms with Gasteiger partial charge in [0.25, 0.3) is 5.91 Å². The Labute approximate surface area is 156 Å². The van der Waals surface area contributed by atoms with Crippen LogP contribution in [0.2, 0.25) is 0 Å². The molecule has 25 heavy (non-hydrogen) atoms. The number of carbonyl (C=O) groups excluding carboxylic acids is 1. The van der Waals surface area contributed by atoms with Crippen molar-refractivity contribution in [1.29, 1.82) is 0 Å². The van der Waals surface area contributed by atoms with Crippen molar-refractivity contribution in [3.63, 3.8) is 0 Å². The number of likely N-dealkylation sites (tertiary alicyclic amines) is 1. The average Bonchev–Trinajstić information content (AvgIpc) is 3.17. The van der Waals surface area contributed by atoms with E-state index >= 15 is 0 Å². The van der Waals surface area contributed by atoms with Gasteiger partial charge in [-0.1, -0.05) is 13.3 Å². The summed E-state index contributed by atoms with van der Waals surface area (Å²) in [7, 11) is 1.61. The Bertz CT molecular complexity index is 596. The van der Waals surface area contributed by atoms with E-state index in [1.54, 1.807) is 13.2 Å². The summed E-state index contributed by atoms with van der Waals surface area (Å²) in [5, 5.41) is 0. The van der Waals surface area contributed by atoms with E-state index in [9.17, 15) is 4.79 Å². The SMILES string of the molecule is CCCCOc1ccc(C(=O)N2CC3CCC(N)C3C2)cc1OC.Cl. The van der Waals surface area contributed by atoms with Gasteiger partial charge in [-0.05, 0) is 49.3 Å². The molecule has 2 N–H and O–H groups in total. The zero-order valence-corrected chi connectivity index (χ0v) is 15.9. The van der Waals surface area contributed by atoms with Crippen molar-refractivity contribution < 1.29 is 14.3 Å². The minimum Gasteiger partial charge on any atom is -0.493 e. The van der Waals surface area contributed by atoms with Gasteiger partial charge in [-0.15, -0.1) is 12.4 Å². The van der Waals surface area contributed by atoms with Gasteiger partial charge in [-0.3, -0.25) is 4.79 Å². The van der Waals surface area contributed by atoms with Crippen molar-refractivity contribution in [2.45, 2.75) is 38.6 Å². The molecular weight excluding hydrogens is 340 g/mol. The first kappa shape index (κ1) is 19.9. The van der Waals surface area contributed by atoms with Crippen molar-refractivity contribution >= 4 is 18.3 Å². The molecule has 2 aliphatic rings. The zero-order chi connectivity index (χ0) is 17.1. The van der Waals surface area contributed by atoms with Crippen molar-refractivity contribution in [2.24, 2.45) is 17.6 Å². The van der Waals surface area contributed by atoms with Crippen molar-refractivity contribution in [2.75, 3.05) is 26.8 Å². The van der Waals surface area contributed by atoms with Crippen LogP contribution >= 0.6 is 12.4 Å². The predicted octanol–water partition coefficient (Wildman–Crippen LogP) is 3.11. The minimum atomic E-state index is 0. The minimum absolute atomic E-state index is 0. The van der Waals surface area contributed by atoms with Crippen LogP contribution in [0.1, 0.15) is 43.0 Å². The number of hydrogen-bond acceptors (Lipinski definition) is 4. The first-order chi connectivity index (χ1) is 11.6. The quantitative estimate of drug-likeness (QED) is 0.783. The highest BCUT2D eigenvalue weighted by molar-refractivity contribution is 5.95. The zero-order valence-electron chi connectivity index (χ0n) is 15.1. The molecule has 0 spiro atoms. The third kappa shape index (κ3) is 4.21. The second-order valence-electron chi connectivity index (χ2n) is 6.94. The highest BCUT2D eigenvalue weighted by atomic mass is 35.5. The topological polar surface area (TPSA) is 64.8 Å². The summed E-state index contributed by atoms with van der Waals surface area (Å²) in [6.45, 7) is 4.39. The highest BCUT2D eigenvalue weighted by Gasteiger charge is 2.42. The van der Waals surface area contributed by atoms with Crippen LogP contribution in [0.5, 0.6) is 11.5 Å². The monoisotopic (exact) mass is 368 g/mol. The standard InChI is InChI=1S/C19H28N2O3.ClH/c1-3-4-9-24-17-8-6-13(10-18(17)23-2)19(22)21-11-14-5-7-16(20)15(14)12-21;/h6,8,10,14-16H,3-5,7,9,11-12,20H2,1-2H3;1H. The molecule has 5 nitrogen and oxygen atoms in total. The summed E-state index contributed by atoms with van der Waals surface area (Å²) in [5.41, 5.74) is 6.83. The molecular formula is C19H29ClN2O3. The summed E-state index contributed by atoms with van der Waals surface area (Å²) in [6, 6.07) is 5.71. The number of fused-ring (bicyclic) bond motifs is 1. The van der Waals surface area contributed by atoms with Crippen LogP contribution in [0.3, 0.4) is 0 Å². The van der Waals surface area contributed by atoms with Gasteiger partial charge in [-0.2, -0.15) is 0 Å². The molecule has 1 aromatic rings. The molecule has 0 bridgehead atoms. The predicted molar refractivity (Wildman–Crippen MR) is 101 cm³/mol. The summed E-state index contributed by atoms with van der Waals surface area (Å²) >= 11 is 0. The molecule has 1 saturated carbocycles. The Balaban J connectivity index is 0.00000225. The Hall–Kier alpha value is -1.46. The van der Waals surface area contributed by atoms with E-state index < -0.39 is 0 Å². The molecule has 1 saturated heterocycles. The van der Waals surface area contributed by atoms with Gasteiger partial charge in [0.1, 0.15) is 0 Å². The molecule has 3 rings (SSSR count). The van der Waals surface area contributed by atoms with Crippen LogP contribution in [-0.2, 0) is 0 Å². The van der Waals surface area contributed by atoms with E-state index in [0.717, 1.165) is 38.8 Å². The van der Waals surface area contributed by atoms with E-state index in [-0.39, 0.29) is 24.4 Å². The lowest BCUT2D eigenvalue weighted by atomic mass is 9.98. The second kappa shape index (κ2) is 8.77. The molecule has 3 unspecified atom stereocenters. The van der Waals surface area contributed by atoms with Gasteiger partial charge >= 0.3 is 0 Å². The number of nitrogens with zero attached hydrogens (tertiary/aromatic N) is 1. The lowest BCUT2D eigenvalue weighted by Gasteiger charge is -2.19. The normalized spacial score (nSPS) is 24.6. The van der Waals surface area contributed by atoms with Gasteiger partial charge in [0.15, 0.2) is 11.5 Å². The number of benzene rings is 1. The lowest BCUT2D eigenvalue weighted by molar-refractivity contribution is 0.0779. The number of halogens is 1. The number of carbonyl (C=O) groups is 1. The Morgan fingerprint density at radius 3 is 2.76 bits per heavy atom. The molecule has 0 radical (unpaired) electrons. The molecule has 3 atom stereocenters. The van der Waals surface area contributed by atoms with Crippen LogP contribution in [0.4, 0.5) is 0 Å². The van der Waals surface area contributed by atoms with E-state index in [0.29, 0.717) is 35.5 Å². The van der Waals surface area contributed by atoms with Crippen molar-refractivity contribution in [1.82, 2.24) is 4.90 Å². The number of nitrogens with two attached hydrogens (primary N) is 1. The van der Waals surface area contributed by atoms with E-state index in [1.807, 2.05) is 17.0 Å². The maximum absolute atomic E-state index is 12.8. The number of unbranched alkanes of at least 4 members (excludes halogenated alkanes) is 1. The van der Waals surface area contributed by atoms with Gasteiger partial charge in [0.2, 0.25) is 0 Å². The lowest BCUT2D eigenvalue weighted by Crippen LogP contribution is -2.33. The number of rotatable bonds is 6. The summed E-state index contributed by atoms with van der Waals surface area (Å²) in [4.78, 5) is 14.8. The summed E-state index contributed by atoms with van der Waals surface area (Å²) in [5.74, 6) is 2.42. The fourth-order valence-corrected chi connectivity index (χ4v) is 3.90. The maximum atomic E-state index is 12.8. The smallest absolute Gasteiger partial charge is 0.254 e. The Kier molecular flexibility index (Phi) is 6.96. The molecule has 2 fully saturated rings. The van der Waals surface area contributed by atoms with Crippen LogP contribution in [0, 0.1) is 11.8 Å². The first-order valence-corrected chi connectivity index (χ1v) is 8.99. The average molecular weight is 369 g/mol.